The summed E-state index contributed by atoms with van der Waals surface area (Å²) in [6.07, 6.45) is 1.67. The Morgan fingerprint density at radius 1 is 1.36 bits per heavy atom. The summed E-state index contributed by atoms with van der Waals surface area (Å²) in [5.74, 6) is 0. The van der Waals surface area contributed by atoms with Crippen LogP contribution < -0.4 is 0 Å². The lowest BCUT2D eigenvalue weighted by molar-refractivity contribution is 0.118. The molecule has 0 N–H and O–H groups in total. The molecule has 0 aromatic rings. The van der Waals surface area contributed by atoms with Crippen LogP contribution in [0, 0.1) is 0 Å². The molecular formula is C6H18O3Si2. The normalized spacial score (nSPS) is 10.5. The summed E-state index contributed by atoms with van der Waals surface area (Å²) >= 11 is 0. The van der Waals surface area contributed by atoms with Gasteiger partial charge < -0.3 is 13.3 Å². The van der Waals surface area contributed by atoms with Gasteiger partial charge in [-0.25, -0.2) is 0 Å². The van der Waals surface area contributed by atoms with Gasteiger partial charge in [0.1, 0.15) is 0 Å². The van der Waals surface area contributed by atoms with Crippen molar-refractivity contribution in [1.82, 2.24) is 0 Å². The standard InChI is InChI=1S/C6H14O3Si.H4Si/c1-5-6-9-10(4,7-2)8-3;/h5H,1,6H2,2-4H3;1H4. The predicted octanol–water partition coefficient (Wildman–Crippen LogP) is -0.401. The van der Waals surface area contributed by atoms with Crippen molar-refractivity contribution < 1.29 is 13.3 Å². The van der Waals surface area contributed by atoms with E-state index in [0.29, 0.717) is 6.61 Å². The molecule has 0 aliphatic heterocycles. The van der Waals surface area contributed by atoms with E-state index in [1.165, 1.54) is 0 Å². The molecule has 0 aliphatic rings. The molecule has 3 nitrogen and oxygen atoms in total. The van der Waals surface area contributed by atoms with Gasteiger partial charge in [0.05, 0.1) is 6.61 Å². The van der Waals surface area contributed by atoms with Crippen molar-refractivity contribution in [1.29, 1.82) is 0 Å². The Balaban J connectivity index is 0. The fourth-order valence-corrected chi connectivity index (χ4v) is 1.23. The zero-order valence-electron chi connectivity index (χ0n) is 6.72. The van der Waals surface area contributed by atoms with E-state index in [9.17, 15) is 0 Å². The fraction of sp³-hybridized carbons (Fsp3) is 0.667. The Bertz CT molecular complexity index is 104. The lowest BCUT2D eigenvalue weighted by Crippen LogP contribution is -2.40. The van der Waals surface area contributed by atoms with Crippen LogP contribution in [0.15, 0.2) is 12.7 Å². The smallest absolute Gasteiger partial charge is 0.377 e. The van der Waals surface area contributed by atoms with Crippen molar-refractivity contribution >= 4 is 19.8 Å². The highest BCUT2D eigenvalue weighted by molar-refractivity contribution is 6.59. The monoisotopic (exact) mass is 194 g/mol. The molecule has 5 heteroatoms. The molecule has 0 amide bonds. The highest BCUT2D eigenvalue weighted by atomic mass is 28.4. The number of hydrogen-bond acceptors (Lipinski definition) is 3. The summed E-state index contributed by atoms with van der Waals surface area (Å²) in [7, 11) is 0.875. The van der Waals surface area contributed by atoms with E-state index >= 15 is 0 Å². The van der Waals surface area contributed by atoms with Gasteiger partial charge in [-0.3, -0.25) is 0 Å². The van der Waals surface area contributed by atoms with E-state index in [2.05, 4.69) is 6.58 Å². The maximum Gasteiger partial charge on any atom is 0.497 e. The van der Waals surface area contributed by atoms with Gasteiger partial charge in [0.2, 0.25) is 0 Å². The third kappa shape index (κ3) is 5.34. The SMILES string of the molecule is C=CCO[Si](C)(OC)OC.[SiH4]. The molecule has 0 radical (unpaired) electrons. The van der Waals surface area contributed by atoms with Crippen molar-refractivity contribution in [2.24, 2.45) is 0 Å². The first-order valence-electron chi connectivity index (χ1n) is 3.03. The summed E-state index contributed by atoms with van der Waals surface area (Å²) in [5.41, 5.74) is 0. The van der Waals surface area contributed by atoms with Crippen molar-refractivity contribution in [2.45, 2.75) is 6.55 Å². The van der Waals surface area contributed by atoms with E-state index in [1.807, 2.05) is 6.55 Å². The van der Waals surface area contributed by atoms with Gasteiger partial charge in [0, 0.05) is 20.8 Å². The Morgan fingerprint density at radius 2 is 1.82 bits per heavy atom. The summed E-state index contributed by atoms with van der Waals surface area (Å²) in [6.45, 7) is 5.82. The molecule has 0 aliphatic carbocycles. The van der Waals surface area contributed by atoms with E-state index < -0.39 is 8.80 Å². The minimum Gasteiger partial charge on any atom is -0.377 e. The van der Waals surface area contributed by atoms with Crippen LogP contribution in [0.3, 0.4) is 0 Å². The Labute approximate surface area is 73.7 Å². The second-order valence-corrected chi connectivity index (χ2v) is 4.70. The summed E-state index contributed by atoms with van der Waals surface area (Å²) in [4.78, 5) is 0. The number of hydrogen-bond donors (Lipinski definition) is 0. The highest BCUT2D eigenvalue weighted by Crippen LogP contribution is 2.04. The van der Waals surface area contributed by atoms with Crippen LogP contribution in [0.2, 0.25) is 6.55 Å². The Hall–Kier alpha value is 0.0538. The first-order valence-corrected chi connectivity index (χ1v) is 5.26. The molecule has 0 spiro atoms. The highest BCUT2D eigenvalue weighted by Gasteiger charge is 2.30. The van der Waals surface area contributed by atoms with Gasteiger partial charge >= 0.3 is 8.80 Å². The maximum atomic E-state index is 5.25. The van der Waals surface area contributed by atoms with Gasteiger partial charge in [0.25, 0.3) is 0 Å². The molecule has 0 atom stereocenters. The maximum absolute atomic E-state index is 5.25. The van der Waals surface area contributed by atoms with Crippen LogP contribution in [0.1, 0.15) is 0 Å². The first kappa shape index (κ1) is 13.6. The second kappa shape index (κ2) is 6.74. The van der Waals surface area contributed by atoms with Crippen molar-refractivity contribution in [3.8, 4) is 0 Å². The van der Waals surface area contributed by atoms with Crippen LogP contribution >= 0.6 is 0 Å². The minimum atomic E-state index is -2.29. The van der Waals surface area contributed by atoms with Gasteiger partial charge in [-0.15, -0.1) is 6.58 Å². The first-order chi connectivity index (χ1) is 4.68. The zero-order chi connectivity index (χ0) is 8.04. The molecule has 0 unspecified atom stereocenters. The molecule has 0 aromatic heterocycles. The summed E-state index contributed by atoms with van der Waals surface area (Å²) in [5, 5.41) is 0. The summed E-state index contributed by atoms with van der Waals surface area (Å²) < 4.78 is 15.3. The summed E-state index contributed by atoms with van der Waals surface area (Å²) in [6, 6.07) is 0. The average Bonchev–Trinajstić information content (AvgIpc) is 2.00. The molecular weight excluding hydrogens is 176 g/mol. The second-order valence-electron chi connectivity index (χ2n) is 1.87. The molecule has 0 fully saturated rings. The van der Waals surface area contributed by atoms with Gasteiger partial charge in [0.15, 0.2) is 0 Å². The molecule has 0 saturated heterocycles. The van der Waals surface area contributed by atoms with E-state index in [0.717, 1.165) is 0 Å². The largest absolute Gasteiger partial charge is 0.497 e. The van der Waals surface area contributed by atoms with Gasteiger partial charge in [-0.05, 0) is 11.0 Å². The topological polar surface area (TPSA) is 27.7 Å². The Kier molecular flexibility index (Phi) is 8.36. The molecule has 0 heterocycles. The quantitative estimate of drug-likeness (QED) is 0.440. The van der Waals surface area contributed by atoms with Crippen molar-refractivity contribution in [2.75, 3.05) is 20.8 Å². The van der Waals surface area contributed by atoms with E-state index in [1.54, 1.807) is 20.3 Å². The molecule has 0 bridgehead atoms. The lowest BCUT2D eigenvalue weighted by Gasteiger charge is -2.20. The van der Waals surface area contributed by atoms with E-state index in [-0.39, 0.29) is 11.0 Å². The fourth-order valence-electron chi connectivity index (χ4n) is 0.411. The van der Waals surface area contributed by atoms with Gasteiger partial charge in [-0.1, -0.05) is 6.08 Å². The van der Waals surface area contributed by atoms with Crippen LogP contribution in [-0.2, 0) is 13.3 Å². The lowest BCUT2D eigenvalue weighted by atomic mass is 10.7. The third-order valence-corrected chi connectivity index (χ3v) is 3.38. The molecule has 11 heavy (non-hydrogen) atoms. The molecule has 0 aromatic carbocycles. The average molecular weight is 194 g/mol. The molecule has 0 saturated carbocycles. The number of rotatable bonds is 5. The van der Waals surface area contributed by atoms with Crippen LogP contribution in [0.5, 0.6) is 0 Å². The van der Waals surface area contributed by atoms with Crippen LogP contribution in [0.4, 0.5) is 0 Å². The molecule has 68 valence electrons. The van der Waals surface area contributed by atoms with Crippen LogP contribution in [-0.4, -0.2) is 40.6 Å². The predicted molar refractivity (Wildman–Crippen MR) is 53.1 cm³/mol. The van der Waals surface area contributed by atoms with E-state index in [4.69, 9.17) is 13.3 Å². The third-order valence-electron chi connectivity index (χ3n) is 1.20. The molecule has 0 rings (SSSR count). The van der Waals surface area contributed by atoms with Crippen molar-refractivity contribution in [3.63, 3.8) is 0 Å². The van der Waals surface area contributed by atoms with Gasteiger partial charge in [-0.2, -0.15) is 0 Å². The zero-order valence-corrected chi connectivity index (χ0v) is 7.72. The van der Waals surface area contributed by atoms with Crippen LogP contribution in [0.25, 0.3) is 0 Å². The Morgan fingerprint density at radius 3 is 2.09 bits per heavy atom. The van der Waals surface area contributed by atoms with Crippen molar-refractivity contribution in [3.05, 3.63) is 12.7 Å². The minimum absolute atomic E-state index is 0.